The molecule has 0 saturated heterocycles. The number of anilines is 1. The molecule has 22 heavy (non-hydrogen) atoms. The summed E-state index contributed by atoms with van der Waals surface area (Å²) < 4.78 is 11.0. The van der Waals surface area contributed by atoms with E-state index in [2.05, 4.69) is 33.1 Å². The van der Waals surface area contributed by atoms with Crippen LogP contribution in [0.25, 0.3) is 0 Å². The van der Waals surface area contributed by atoms with Crippen LogP contribution in [-0.2, 0) is 0 Å². The first-order valence-corrected chi connectivity index (χ1v) is 7.50. The number of thiocarbonyl (C=S) groups is 1. The molecule has 5 nitrogen and oxygen atoms in total. The molecule has 0 unspecified atom stereocenters. The number of nitrogens with one attached hydrogen (secondary N) is 2. The Labute approximate surface area is 141 Å². The highest BCUT2D eigenvalue weighted by molar-refractivity contribution is 9.10. The number of carbonyl (C=O) groups is 1. The van der Waals surface area contributed by atoms with Gasteiger partial charge in [-0.15, -0.1) is 0 Å². The molecular formula is C15H13BrN2O3S. The number of benzene rings is 1. The van der Waals surface area contributed by atoms with Gasteiger partial charge in [0.1, 0.15) is 12.4 Å². The van der Waals surface area contributed by atoms with E-state index < -0.39 is 5.91 Å². The largest absolute Gasteiger partial charge is 0.489 e. The summed E-state index contributed by atoms with van der Waals surface area (Å²) in [5, 5.41) is 5.60. The van der Waals surface area contributed by atoms with E-state index in [4.69, 9.17) is 21.4 Å². The van der Waals surface area contributed by atoms with Gasteiger partial charge in [-0.25, -0.2) is 0 Å². The summed E-state index contributed by atoms with van der Waals surface area (Å²) in [4.78, 5) is 11.9. The van der Waals surface area contributed by atoms with Crippen LogP contribution in [0.1, 0.15) is 10.6 Å². The second kappa shape index (κ2) is 7.77. The predicted octanol–water partition coefficient (Wildman–Crippen LogP) is 3.73. The van der Waals surface area contributed by atoms with Crippen molar-refractivity contribution in [2.24, 2.45) is 0 Å². The van der Waals surface area contributed by atoms with Crippen molar-refractivity contribution in [3.8, 4) is 5.75 Å². The van der Waals surface area contributed by atoms with Crippen LogP contribution in [0, 0.1) is 0 Å². The van der Waals surface area contributed by atoms with E-state index in [0.717, 1.165) is 0 Å². The fraction of sp³-hybridized carbons (Fsp3) is 0.0667. The van der Waals surface area contributed by atoms with Crippen molar-refractivity contribution in [2.75, 3.05) is 11.9 Å². The Morgan fingerprint density at radius 1 is 1.41 bits per heavy atom. The molecule has 0 aliphatic heterocycles. The molecule has 0 aliphatic rings. The Balaban J connectivity index is 1.94. The lowest BCUT2D eigenvalue weighted by Gasteiger charge is -2.10. The lowest BCUT2D eigenvalue weighted by Crippen LogP contribution is -2.33. The van der Waals surface area contributed by atoms with Crippen LogP contribution < -0.4 is 15.4 Å². The van der Waals surface area contributed by atoms with Crippen LogP contribution in [0.2, 0.25) is 0 Å². The molecule has 0 bridgehead atoms. The van der Waals surface area contributed by atoms with Gasteiger partial charge < -0.3 is 14.5 Å². The van der Waals surface area contributed by atoms with E-state index in [-0.39, 0.29) is 10.9 Å². The van der Waals surface area contributed by atoms with E-state index in [1.165, 1.54) is 0 Å². The fourth-order valence-corrected chi connectivity index (χ4v) is 2.10. The van der Waals surface area contributed by atoms with Crippen LogP contribution in [0.3, 0.4) is 0 Å². The highest BCUT2D eigenvalue weighted by Crippen LogP contribution is 2.17. The van der Waals surface area contributed by atoms with Crippen LogP contribution in [0.5, 0.6) is 5.75 Å². The second-order valence-corrected chi connectivity index (χ2v) is 5.33. The number of hydrogen-bond donors (Lipinski definition) is 2. The minimum atomic E-state index is -0.428. The summed E-state index contributed by atoms with van der Waals surface area (Å²) in [5.74, 6) is 0.412. The number of hydrogen-bond acceptors (Lipinski definition) is 4. The fourth-order valence-electron chi connectivity index (χ4n) is 1.58. The lowest BCUT2D eigenvalue weighted by atomic mass is 10.3. The van der Waals surface area contributed by atoms with Crippen molar-refractivity contribution >= 4 is 44.9 Å². The molecule has 0 atom stereocenters. The second-order valence-electron chi connectivity index (χ2n) is 4.14. The molecule has 0 fully saturated rings. The van der Waals surface area contributed by atoms with Gasteiger partial charge in [-0.2, -0.15) is 0 Å². The van der Waals surface area contributed by atoms with Crippen LogP contribution >= 0.6 is 28.1 Å². The molecule has 1 amide bonds. The predicted molar refractivity (Wildman–Crippen MR) is 92.2 cm³/mol. The third-order valence-electron chi connectivity index (χ3n) is 2.48. The smallest absolute Gasteiger partial charge is 0.293 e. The Hall–Kier alpha value is -2.12. The minimum Gasteiger partial charge on any atom is -0.489 e. The van der Waals surface area contributed by atoms with Crippen molar-refractivity contribution in [2.45, 2.75) is 0 Å². The summed E-state index contributed by atoms with van der Waals surface area (Å²) >= 11 is 8.23. The number of amides is 1. The average molecular weight is 381 g/mol. The molecule has 1 aromatic carbocycles. The first-order chi connectivity index (χ1) is 10.6. The standard InChI is InChI=1S/C15H13BrN2O3S/c1-2-8-20-11-5-3-4-10(9-11)17-15(22)18-14(19)12-6-7-13(16)21-12/h2-7,9H,1,8H2,(H2,17,18,19,22). The van der Waals surface area contributed by atoms with Crippen molar-refractivity contribution in [1.82, 2.24) is 5.32 Å². The van der Waals surface area contributed by atoms with Crippen molar-refractivity contribution in [1.29, 1.82) is 0 Å². The van der Waals surface area contributed by atoms with Crippen LogP contribution in [0.15, 0.2) is 58.1 Å². The van der Waals surface area contributed by atoms with Gasteiger partial charge in [0.05, 0.1) is 0 Å². The number of carbonyl (C=O) groups excluding carboxylic acids is 1. The maximum atomic E-state index is 11.9. The zero-order chi connectivity index (χ0) is 15.9. The average Bonchev–Trinajstić information content (AvgIpc) is 2.92. The van der Waals surface area contributed by atoms with E-state index in [9.17, 15) is 4.79 Å². The summed E-state index contributed by atoms with van der Waals surface area (Å²) in [6, 6.07) is 10.4. The molecule has 1 aromatic heterocycles. The SMILES string of the molecule is C=CCOc1cccc(NC(=S)NC(=O)c2ccc(Br)o2)c1. The summed E-state index contributed by atoms with van der Waals surface area (Å²) in [6.45, 7) is 4.00. The van der Waals surface area contributed by atoms with Crippen LogP contribution in [0.4, 0.5) is 5.69 Å². The molecule has 0 aliphatic carbocycles. The van der Waals surface area contributed by atoms with Crippen molar-refractivity contribution in [3.05, 3.63) is 59.5 Å². The lowest BCUT2D eigenvalue weighted by molar-refractivity contribution is 0.0949. The van der Waals surface area contributed by atoms with E-state index >= 15 is 0 Å². The molecule has 2 N–H and O–H groups in total. The molecule has 114 valence electrons. The van der Waals surface area contributed by atoms with Gasteiger partial charge in [-0.05, 0) is 52.4 Å². The van der Waals surface area contributed by atoms with Crippen molar-refractivity contribution in [3.63, 3.8) is 0 Å². The third-order valence-corrected chi connectivity index (χ3v) is 3.11. The quantitative estimate of drug-likeness (QED) is 0.611. The number of ether oxygens (including phenoxy) is 1. The Morgan fingerprint density at radius 2 is 2.23 bits per heavy atom. The summed E-state index contributed by atoms with van der Waals surface area (Å²) in [7, 11) is 0. The molecule has 0 saturated carbocycles. The molecule has 2 rings (SSSR count). The zero-order valence-electron chi connectivity index (χ0n) is 11.5. The van der Waals surface area contributed by atoms with Gasteiger partial charge in [0.15, 0.2) is 15.5 Å². The number of rotatable bonds is 5. The zero-order valence-corrected chi connectivity index (χ0v) is 13.9. The Morgan fingerprint density at radius 3 is 2.91 bits per heavy atom. The van der Waals surface area contributed by atoms with E-state index in [0.29, 0.717) is 22.7 Å². The first kappa shape index (κ1) is 16.3. The molecule has 0 radical (unpaired) electrons. The Bertz CT molecular complexity index is 700. The third kappa shape index (κ3) is 4.71. The Kier molecular flexibility index (Phi) is 5.74. The van der Waals surface area contributed by atoms with Gasteiger partial charge in [-0.3, -0.25) is 10.1 Å². The van der Waals surface area contributed by atoms with Gasteiger partial charge in [0.2, 0.25) is 0 Å². The maximum absolute atomic E-state index is 11.9. The number of furan rings is 1. The van der Waals surface area contributed by atoms with Gasteiger partial charge in [-0.1, -0.05) is 18.7 Å². The highest BCUT2D eigenvalue weighted by atomic mass is 79.9. The highest BCUT2D eigenvalue weighted by Gasteiger charge is 2.12. The molecule has 7 heteroatoms. The van der Waals surface area contributed by atoms with Gasteiger partial charge in [0.25, 0.3) is 5.91 Å². The number of halogens is 1. The summed E-state index contributed by atoms with van der Waals surface area (Å²) in [5.41, 5.74) is 0.701. The van der Waals surface area contributed by atoms with Gasteiger partial charge >= 0.3 is 0 Å². The minimum absolute atomic E-state index is 0.165. The molecule has 1 heterocycles. The molecular weight excluding hydrogens is 368 g/mol. The maximum Gasteiger partial charge on any atom is 0.293 e. The molecule has 2 aromatic rings. The molecule has 0 spiro atoms. The normalized spacial score (nSPS) is 9.86. The summed E-state index contributed by atoms with van der Waals surface area (Å²) in [6.07, 6.45) is 1.66. The van der Waals surface area contributed by atoms with E-state index in [1.807, 2.05) is 18.2 Å². The first-order valence-electron chi connectivity index (χ1n) is 6.30. The van der Waals surface area contributed by atoms with Gasteiger partial charge in [0, 0.05) is 11.8 Å². The monoisotopic (exact) mass is 380 g/mol. The van der Waals surface area contributed by atoms with Crippen molar-refractivity contribution < 1.29 is 13.9 Å². The topological polar surface area (TPSA) is 63.5 Å². The van der Waals surface area contributed by atoms with Crippen LogP contribution in [-0.4, -0.2) is 17.6 Å². The van der Waals surface area contributed by atoms with E-state index in [1.54, 1.807) is 24.3 Å².